The molecule has 0 amide bonds. The standard InChI is InChI=1S/C17H32O2/c1-4-5-6-7-8-9-10-11-12-17(15-16(2)3)18-13-14-19-17/h13-14,16H,4-12,15H2,1-3H3. The van der Waals surface area contributed by atoms with E-state index >= 15 is 0 Å². The lowest BCUT2D eigenvalue weighted by atomic mass is 9.96. The van der Waals surface area contributed by atoms with Gasteiger partial charge in [-0.25, -0.2) is 0 Å². The lowest BCUT2D eigenvalue weighted by molar-refractivity contribution is -0.159. The molecule has 1 heterocycles. The fourth-order valence-electron chi connectivity index (χ4n) is 2.80. The molecule has 0 aromatic carbocycles. The number of unbranched alkanes of at least 4 members (excludes halogenated alkanes) is 7. The molecule has 0 spiro atoms. The Balaban J connectivity index is 2.06. The van der Waals surface area contributed by atoms with Gasteiger partial charge < -0.3 is 9.47 Å². The molecule has 0 saturated carbocycles. The lowest BCUT2D eigenvalue weighted by Crippen LogP contribution is -2.31. The Kier molecular flexibility index (Phi) is 8.00. The summed E-state index contributed by atoms with van der Waals surface area (Å²) in [7, 11) is 0. The molecule has 0 radical (unpaired) electrons. The zero-order valence-electron chi connectivity index (χ0n) is 13.1. The van der Waals surface area contributed by atoms with E-state index in [0.717, 1.165) is 12.8 Å². The maximum absolute atomic E-state index is 5.71. The number of rotatable bonds is 11. The average molecular weight is 268 g/mol. The van der Waals surface area contributed by atoms with Crippen LogP contribution < -0.4 is 0 Å². The van der Waals surface area contributed by atoms with Gasteiger partial charge in [-0.3, -0.25) is 0 Å². The van der Waals surface area contributed by atoms with Crippen LogP contribution in [0.15, 0.2) is 12.5 Å². The smallest absolute Gasteiger partial charge is 0.250 e. The summed E-state index contributed by atoms with van der Waals surface area (Å²) < 4.78 is 11.4. The number of ether oxygens (including phenoxy) is 2. The van der Waals surface area contributed by atoms with Crippen LogP contribution in [0.1, 0.15) is 85.0 Å². The largest absolute Gasteiger partial charge is 0.457 e. The third-order valence-corrected chi connectivity index (χ3v) is 3.75. The van der Waals surface area contributed by atoms with Gasteiger partial charge in [0.25, 0.3) is 0 Å². The van der Waals surface area contributed by atoms with Crippen molar-refractivity contribution in [3.05, 3.63) is 12.5 Å². The first-order valence-corrected chi connectivity index (χ1v) is 8.19. The molecule has 112 valence electrons. The molecule has 0 aromatic rings. The van der Waals surface area contributed by atoms with Crippen LogP contribution in [-0.2, 0) is 9.47 Å². The SMILES string of the molecule is CCCCCCCCCCC1(CC(C)C)OC=CO1. The molecule has 0 fully saturated rings. The molecule has 0 N–H and O–H groups in total. The summed E-state index contributed by atoms with van der Waals surface area (Å²) in [6, 6.07) is 0. The quantitative estimate of drug-likeness (QED) is 0.442. The van der Waals surface area contributed by atoms with Gasteiger partial charge in [-0.05, 0) is 12.3 Å². The van der Waals surface area contributed by atoms with Crippen molar-refractivity contribution in [2.24, 2.45) is 5.92 Å². The van der Waals surface area contributed by atoms with Gasteiger partial charge in [0.15, 0.2) is 0 Å². The van der Waals surface area contributed by atoms with Crippen molar-refractivity contribution in [2.45, 2.75) is 90.8 Å². The fraction of sp³-hybridized carbons (Fsp3) is 0.882. The van der Waals surface area contributed by atoms with Crippen molar-refractivity contribution in [2.75, 3.05) is 0 Å². The van der Waals surface area contributed by atoms with Crippen LogP contribution in [0.3, 0.4) is 0 Å². The number of hydrogen-bond acceptors (Lipinski definition) is 2. The first-order chi connectivity index (χ1) is 9.18. The molecule has 1 rings (SSSR count). The highest BCUT2D eigenvalue weighted by Crippen LogP contribution is 2.33. The van der Waals surface area contributed by atoms with Crippen LogP contribution in [0.5, 0.6) is 0 Å². The van der Waals surface area contributed by atoms with Gasteiger partial charge >= 0.3 is 0 Å². The molecule has 1 aliphatic heterocycles. The number of hydrogen-bond donors (Lipinski definition) is 0. The van der Waals surface area contributed by atoms with Crippen molar-refractivity contribution in [1.82, 2.24) is 0 Å². The van der Waals surface area contributed by atoms with Gasteiger partial charge in [-0.15, -0.1) is 0 Å². The maximum atomic E-state index is 5.71. The van der Waals surface area contributed by atoms with Gasteiger partial charge in [0.2, 0.25) is 5.79 Å². The molecule has 0 saturated heterocycles. The van der Waals surface area contributed by atoms with Crippen molar-refractivity contribution < 1.29 is 9.47 Å². The third kappa shape index (κ3) is 6.89. The second-order valence-corrected chi connectivity index (χ2v) is 6.24. The first kappa shape index (κ1) is 16.4. The summed E-state index contributed by atoms with van der Waals surface area (Å²) in [6.45, 7) is 6.71. The minimum absolute atomic E-state index is 0.351. The monoisotopic (exact) mass is 268 g/mol. The Morgan fingerprint density at radius 1 is 0.842 bits per heavy atom. The molecule has 2 nitrogen and oxygen atoms in total. The molecule has 0 aromatic heterocycles. The highest BCUT2D eigenvalue weighted by molar-refractivity contribution is 4.84. The molecule has 0 atom stereocenters. The fourth-order valence-corrected chi connectivity index (χ4v) is 2.80. The van der Waals surface area contributed by atoms with Crippen LogP contribution in [-0.4, -0.2) is 5.79 Å². The van der Waals surface area contributed by atoms with Gasteiger partial charge in [-0.1, -0.05) is 65.7 Å². The predicted molar refractivity (Wildman–Crippen MR) is 80.7 cm³/mol. The summed E-state index contributed by atoms with van der Waals surface area (Å²) in [4.78, 5) is 0. The van der Waals surface area contributed by atoms with E-state index in [9.17, 15) is 0 Å². The molecule has 0 aliphatic carbocycles. The molecule has 2 heteroatoms. The van der Waals surface area contributed by atoms with E-state index in [4.69, 9.17) is 9.47 Å². The Morgan fingerprint density at radius 2 is 1.37 bits per heavy atom. The van der Waals surface area contributed by atoms with Crippen molar-refractivity contribution >= 4 is 0 Å². The molecular formula is C17H32O2. The Hall–Kier alpha value is -0.660. The van der Waals surface area contributed by atoms with Gasteiger partial charge in [0.1, 0.15) is 12.5 Å². The van der Waals surface area contributed by atoms with Gasteiger partial charge in [0.05, 0.1) is 0 Å². The summed E-state index contributed by atoms with van der Waals surface area (Å²) >= 11 is 0. The average Bonchev–Trinajstić information content (AvgIpc) is 2.80. The molecular weight excluding hydrogens is 236 g/mol. The van der Waals surface area contributed by atoms with Crippen LogP contribution in [0.4, 0.5) is 0 Å². The van der Waals surface area contributed by atoms with Crippen LogP contribution in [0.25, 0.3) is 0 Å². The van der Waals surface area contributed by atoms with Gasteiger partial charge in [0, 0.05) is 12.8 Å². The predicted octanol–water partition coefficient (Wildman–Crippen LogP) is 5.78. The molecule has 0 bridgehead atoms. The Bertz CT molecular complexity index is 238. The van der Waals surface area contributed by atoms with E-state index in [1.807, 2.05) is 0 Å². The Morgan fingerprint density at radius 3 is 1.89 bits per heavy atom. The van der Waals surface area contributed by atoms with Crippen molar-refractivity contribution in [1.29, 1.82) is 0 Å². The summed E-state index contributed by atoms with van der Waals surface area (Å²) in [5, 5.41) is 0. The zero-order chi connectivity index (χ0) is 14.0. The van der Waals surface area contributed by atoms with Crippen LogP contribution >= 0.6 is 0 Å². The summed E-state index contributed by atoms with van der Waals surface area (Å²) in [5.74, 6) is 0.255. The Labute approximate surface area is 119 Å². The second-order valence-electron chi connectivity index (χ2n) is 6.24. The maximum Gasteiger partial charge on any atom is 0.250 e. The lowest BCUT2D eigenvalue weighted by Gasteiger charge is -2.29. The highest BCUT2D eigenvalue weighted by atomic mass is 16.7. The van der Waals surface area contributed by atoms with Gasteiger partial charge in [-0.2, -0.15) is 0 Å². The third-order valence-electron chi connectivity index (χ3n) is 3.75. The van der Waals surface area contributed by atoms with E-state index in [-0.39, 0.29) is 5.79 Å². The minimum atomic E-state index is -0.351. The van der Waals surface area contributed by atoms with E-state index in [2.05, 4.69) is 20.8 Å². The summed E-state index contributed by atoms with van der Waals surface area (Å²) in [5.41, 5.74) is 0. The molecule has 1 aliphatic rings. The first-order valence-electron chi connectivity index (χ1n) is 8.19. The van der Waals surface area contributed by atoms with Crippen molar-refractivity contribution in [3.63, 3.8) is 0 Å². The second kappa shape index (κ2) is 9.28. The summed E-state index contributed by atoms with van der Waals surface area (Å²) in [6.07, 6.45) is 16.2. The zero-order valence-corrected chi connectivity index (χ0v) is 13.1. The van der Waals surface area contributed by atoms with E-state index in [0.29, 0.717) is 5.92 Å². The van der Waals surface area contributed by atoms with Crippen molar-refractivity contribution in [3.8, 4) is 0 Å². The topological polar surface area (TPSA) is 18.5 Å². The van der Waals surface area contributed by atoms with E-state index in [1.54, 1.807) is 12.5 Å². The molecule has 0 unspecified atom stereocenters. The van der Waals surface area contributed by atoms with E-state index in [1.165, 1.54) is 51.4 Å². The normalized spacial score (nSPS) is 16.6. The molecule has 19 heavy (non-hydrogen) atoms. The van der Waals surface area contributed by atoms with E-state index < -0.39 is 0 Å². The highest BCUT2D eigenvalue weighted by Gasteiger charge is 2.35. The minimum Gasteiger partial charge on any atom is -0.457 e. The van der Waals surface area contributed by atoms with Crippen LogP contribution in [0.2, 0.25) is 0 Å². The van der Waals surface area contributed by atoms with Crippen LogP contribution in [0, 0.1) is 5.92 Å².